The first-order chi connectivity index (χ1) is 9.68. The molecule has 2 aromatic rings. The van der Waals surface area contributed by atoms with Crippen LogP contribution in [-0.2, 0) is 6.18 Å². The highest BCUT2D eigenvalue weighted by Crippen LogP contribution is 2.37. The molecule has 0 spiro atoms. The van der Waals surface area contributed by atoms with Crippen molar-refractivity contribution in [3.8, 4) is 0 Å². The Morgan fingerprint density at radius 3 is 2.10 bits per heavy atom. The Morgan fingerprint density at radius 1 is 1.00 bits per heavy atom. The molecule has 0 saturated heterocycles. The van der Waals surface area contributed by atoms with E-state index in [9.17, 15) is 17.6 Å². The normalized spacial score (nSPS) is 11.5. The van der Waals surface area contributed by atoms with Crippen LogP contribution in [0.2, 0.25) is 10.0 Å². The van der Waals surface area contributed by atoms with E-state index in [-0.39, 0.29) is 21.4 Å². The third-order valence-corrected chi connectivity index (χ3v) is 3.21. The van der Waals surface area contributed by atoms with Gasteiger partial charge >= 0.3 is 6.18 Å². The Hall–Kier alpha value is -1.66. The van der Waals surface area contributed by atoms with Gasteiger partial charge in [0.2, 0.25) is 0 Å². The minimum absolute atomic E-state index is 0.0665. The fraction of sp³-hybridized carbons (Fsp3) is 0.0769. The van der Waals surface area contributed by atoms with E-state index in [1.165, 1.54) is 12.1 Å². The zero-order valence-corrected chi connectivity index (χ0v) is 11.7. The highest BCUT2D eigenvalue weighted by molar-refractivity contribution is 6.39. The molecule has 3 N–H and O–H groups in total. The molecule has 8 heteroatoms. The lowest BCUT2D eigenvalue weighted by Crippen LogP contribution is -2.06. The largest absolute Gasteiger partial charge is 0.416 e. The maximum atomic E-state index is 13.6. The number of rotatable bonds is 2. The fourth-order valence-electron chi connectivity index (χ4n) is 1.64. The van der Waals surface area contributed by atoms with Crippen LogP contribution < -0.4 is 11.1 Å². The van der Waals surface area contributed by atoms with Gasteiger partial charge < -0.3 is 11.1 Å². The zero-order valence-electron chi connectivity index (χ0n) is 10.2. The lowest BCUT2D eigenvalue weighted by molar-refractivity contribution is -0.137. The molecule has 0 atom stereocenters. The number of benzene rings is 2. The summed E-state index contributed by atoms with van der Waals surface area (Å²) < 4.78 is 51.5. The van der Waals surface area contributed by atoms with E-state index >= 15 is 0 Å². The van der Waals surface area contributed by atoms with Crippen LogP contribution in [0.15, 0.2) is 30.3 Å². The quantitative estimate of drug-likeness (QED) is 0.562. The van der Waals surface area contributed by atoms with Crippen molar-refractivity contribution in [2.24, 2.45) is 0 Å². The predicted octanol–water partition coefficient (Wildman–Crippen LogP) is 5.48. The average Bonchev–Trinajstić information content (AvgIpc) is 2.34. The van der Waals surface area contributed by atoms with E-state index in [1.807, 2.05) is 0 Å². The number of hydrogen-bond acceptors (Lipinski definition) is 2. The minimum atomic E-state index is -4.58. The van der Waals surface area contributed by atoms with Crippen molar-refractivity contribution < 1.29 is 17.6 Å². The van der Waals surface area contributed by atoms with E-state index in [4.69, 9.17) is 28.9 Å². The summed E-state index contributed by atoms with van der Waals surface area (Å²) in [6.07, 6.45) is -4.58. The van der Waals surface area contributed by atoms with Gasteiger partial charge in [-0.05, 0) is 30.3 Å². The van der Waals surface area contributed by atoms with E-state index < -0.39 is 23.2 Å². The summed E-state index contributed by atoms with van der Waals surface area (Å²) in [4.78, 5) is 0. The fourth-order valence-corrected chi connectivity index (χ4v) is 2.24. The van der Waals surface area contributed by atoms with Gasteiger partial charge in [-0.15, -0.1) is 0 Å². The predicted molar refractivity (Wildman–Crippen MR) is 75.6 cm³/mol. The standard InChI is InChI=1S/C13H8Cl2F4N2/c14-8-4-7(20)5-9(15)12(8)21-11-3-6(13(17,18)19)1-2-10(11)16/h1-5,21H,20H2. The molecule has 2 aromatic carbocycles. The van der Waals surface area contributed by atoms with Crippen LogP contribution >= 0.6 is 23.2 Å². The van der Waals surface area contributed by atoms with Crippen LogP contribution in [0, 0.1) is 5.82 Å². The molecule has 0 aliphatic rings. The van der Waals surface area contributed by atoms with Crippen molar-refractivity contribution in [2.45, 2.75) is 6.18 Å². The van der Waals surface area contributed by atoms with Crippen LogP contribution in [0.5, 0.6) is 0 Å². The summed E-state index contributed by atoms with van der Waals surface area (Å²) >= 11 is 11.8. The molecule has 0 aromatic heterocycles. The smallest absolute Gasteiger partial charge is 0.399 e. The van der Waals surface area contributed by atoms with E-state index in [0.717, 1.165) is 0 Å². The molecule has 2 nitrogen and oxygen atoms in total. The SMILES string of the molecule is Nc1cc(Cl)c(Nc2cc(C(F)(F)F)ccc2F)c(Cl)c1. The number of nitrogens with one attached hydrogen (secondary N) is 1. The highest BCUT2D eigenvalue weighted by atomic mass is 35.5. The van der Waals surface area contributed by atoms with Crippen molar-refractivity contribution in [1.29, 1.82) is 0 Å². The van der Waals surface area contributed by atoms with E-state index in [1.54, 1.807) is 0 Å². The van der Waals surface area contributed by atoms with Crippen molar-refractivity contribution in [2.75, 3.05) is 11.1 Å². The molecule has 0 unspecified atom stereocenters. The molecule has 0 heterocycles. The highest BCUT2D eigenvalue weighted by Gasteiger charge is 2.31. The molecule has 0 aliphatic carbocycles. The second-order valence-electron chi connectivity index (χ2n) is 4.18. The first kappa shape index (κ1) is 15.7. The van der Waals surface area contributed by atoms with Crippen molar-refractivity contribution >= 4 is 40.3 Å². The molecule has 0 fully saturated rings. The number of hydrogen-bond donors (Lipinski definition) is 2. The molecule has 21 heavy (non-hydrogen) atoms. The first-order valence-electron chi connectivity index (χ1n) is 5.57. The maximum absolute atomic E-state index is 13.6. The Bertz CT molecular complexity index is 663. The van der Waals surface area contributed by atoms with Crippen LogP contribution in [0.3, 0.4) is 0 Å². The van der Waals surface area contributed by atoms with Gasteiger partial charge in [0.05, 0.1) is 27.0 Å². The Balaban J connectivity index is 2.45. The molecular weight excluding hydrogens is 331 g/mol. The van der Waals surface area contributed by atoms with Crippen molar-refractivity contribution in [1.82, 2.24) is 0 Å². The van der Waals surface area contributed by atoms with Crippen LogP contribution in [0.4, 0.5) is 34.6 Å². The van der Waals surface area contributed by atoms with Gasteiger partial charge in [-0.1, -0.05) is 23.2 Å². The lowest BCUT2D eigenvalue weighted by Gasteiger charge is -2.14. The van der Waals surface area contributed by atoms with Gasteiger partial charge in [-0.3, -0.25) is 0 Å². The Kier molecular flexibility index (Phi) is 4.20. The minimum Gasteiger partial charge on any atom is -0.399 e. The van der Waals surface area contributed by atoms with Crippen LogP contribution in [0.1, 0.15) is 5.56 Å². The summed E-state index contributed by atoms with van der Waals surface area (Å²) in [6.45, 7) is 0. The van der Waals surface area contributed by atoms with Gasteiger partial charge in [0.25, 0.3) is 0 Å². The zero-order chi connectivity index (χ0) is 15.8. The number of anilines is 3. The summed E-state index contributed by atoms with van der Waals surface area (Å²) in [5.74, 6) is -0.869. The molecule has 0 aliphatic heterocycles. The number of nitrogens with two attached hydrogens (primary N) is 1. The first-order valence-corrected chi connectivity index (χ1v) is 6.32. The third kappa shape index (κ3) is 3.51. The van der Waals surface area contributed by atoms with Gasteiger partial charge in [-0.25, -0.2) is 4.39 Å². The number of nitrogen functional groups attached to an aromatic ring is 1. The second-order valence-corrected chi connectivity index (χ2v) is 4.99. The van der Waals surface area contributed by atoms with Gasteiger partial charge in [0.15, 0.2) is 0 Å². The molecule has 2 rings (SSSR count). The number of alkyl halides is 3. The average molecular weight is 339 g/mol. The Morgan fingerprint density at radius 2 is 1.57 bits per heavy atom. The van der Waals surface area contributed by atoms with E-state index in [0.29, 0.717) is 18.2 Å². The van der Waals surface area contributed by atoms with E-state index in [2.05, 4.69) is 5.32 Å². The van der Waals surface area contributed by atoms with Crippen molar-refractivity contribution in [3.05, 3.63) is 51.8 Å². The van der Waals surface area contributed by atoms with Gasteiger partial charge in [0, 0.05) is 5.69 Å². The van der Waals surface area contributed by atoms with Gasteiger partial charge in [-0.2, -0.15) is 13.2 Å². The molecule has 0 saturated carbocycles. The lowest BCUT2D eigenvalue weighted by atomic mass is 10.1. The topological polar surface area (TPSA) is 38.0 Å². The van der Waals surface area contributed by atoms with Crippen molar-refractivity contribution in [3.63, 3.8) is 0 Å². The molecule has 0 radical (unpaired) electrons. The van der Waals surface area contributed by atoms with Crippen LogP contribution in [-0.4, -0.2) is 0 Å². The van der Waals surface area contributed by atoms with Crippen LogP contribution in [0.25, 0.3) is 0 Å². The molecular formula is C13H8Cl2F4N2. The maximum Gasteiger partial charge on any atom is 0.416 e. The third-order valence-electron chi connectivity index (χ3n) is 2.62. The molecule has 112 valence electrons. The summed E-state index contributed by atoms with van der Waals surface area (Å²) in [5, 5.41) is 2.59. The summed E-state index contributed by atoms with van der Waals surface area (Å²) in [5.41, 5.74) is 4.48. The number of halogens is 6. The summed E-state index contributed by atoms with van der Waals surface area (Å²) in [7, 11) is 0. The summed E-state index contributed by atoms with van der Waals surface area (Å²) in [6, 6.07) is 4.69. The molecule has 0 amide bonds. The monoisotopic (exact) mass is 338 g/mol. The second kappa shape index (κ2) is 5.61. The molecule has 0 bridgehead atoms. The Labute approximate surface area is 127 Å². The van der Waals surface area contributed by atoms with Gasteiger partial charge in [0.1, 0.15) is 5.82 Å².